The number of guanidine groups is 1. The summed E-state index contributed by atoms with van der Waals surface area (Å²) in [4.78, 5) is 11.4. The number of hydrogen-bond acceptors (Lipinski definition) is 4. The Hall–Kier alpha value is -2.41. The van der Waals surface area contributed by atoms with Crippen LogP contribution in [-0.4, -0.2) is 59.0 Å². The molecule has 0 saturated carbocycles. The summed E-state index contributed by atoms with van der Waals surface area (Å²) in [7, 11) is 1.85. The van der Waals surface area contributed by atoms with Gasteiger partial charge in [0, 0.05) is 50.6 Å². The third kappa shape index (κ3) is 3.69. The SMILES string of the molecule is CN=C(NCc1ccc(-n2nc(C)cc2C)nc1)N1CCC2(CCOC2)C1. The highest BCUT2D eigenvalue weighted by Gasteiger charge is 2.42. The van der Waals surface area contributed by atoms with Gasteiger partial charge in [0.2, 0.25) is 0 Å². The fraction of sp³-hybridized carbons (Fsp3) is 0.550. The zero-order chi connectivity index (χ0) is 18.9. The standard InChI is InChI=1S/C20H28N6O/c1-15-10-16(2)26(24-15)18-5-4-17(11-22-18)12-23-19(21-3)25-8-6-20(13-25)7-9-27-14-20/h4-5,10-11H,6-9,12-14H2,1-3H3,(H,21,23). The molecule has 7 nitrogen and oxygen atoms in total. The number of hydrogen-bond donors (Lipinski definition) is 1. The second kappa shape index (κ2) is 7.31. The molecule has 2 fully saturated rings. The van der Waals surface area contributed by atoms with Gasteiger partial charge >= 0.3 is 0 Å². The lowest BCUT2D eigenvalue weighted by molar-refractivity contribution is 0.156. The Balaban J connectivity index is 1.37. The summed E-state index contributed by atoms with van der Waals surface area (Å²) in [5.41, 5.74) is 3.55. The van der Waals surface area contributed by atoms with E-state index in [1.165, 1.54) is 6.42 Å². The quantitative estimate of drug-likeness (QED) is 0.664. The van der Waals surface area contributed by atoms with Crippen molar-refractivity contribution >= 4 is 5.96 Å². The molecule has 2 aromatic rings. The van der Waals surface area contributed by atoms with E-state index in [2.05, 4.69) is 37.4 Å². The molecule has 1 unspecified atom stereocenters. The van der Waals surface area contributed by atoms with Crippen LogP contribution in [0.2, 0.25) is 0 Å². The molecule has 1 N–H and O–H groups in total. The molecular weight excluding hydrogens is 340 g/mol. The van der Waals surface area contributed by atoms with E-state index in [0.29, 0.717) is 12.0 Å². The van der Waals surface area contributed by atoms with Crippen LogP contribution in [0.5, 0.6) is 0 Å². The molecule has 4 heterocycles. The number of aromatic nitrogens is 3. The van der Waals surface area contributed by atoms with E-state index in [1.54, 1.807) is 0 Å². The Morgan fingerprint density at radius 2 is 2.22 bits per heavy atom. The molecular formula is C20H28N6O. The van der Waals surface area contributed by atoms with Crippen molar-refractivity contribution in [3.8, 4) is 5.82 Å². The average molecular weight is 368 g/mol. The summed E-state index contributed by atoms with van der Waals surface area (Å²) in [6.45, 7) is 8.59. The molecule has 0 amide bonds. The number of ether oxygens (including phenoxy) is 1. The molecule has 0 bridgehead atoms. The molecule has 2 aliphatic heterocycles. The maximum absolute atomic E-state index is 5.63. The van der Waals surface area contributed by atoms with E-state index in [-0.39, 0.29) is 0 Å². The van der Waals surface area contributed by atoms with Gasteiger partial charge in [-0.25, -0.2) is 9.67 Å². The molecule has 0 aliphatic carbocycles. The second-order valence-electron chi connectivity index (χ2n) is 7.74. The van der Waals surface area contributed by atoms with Crippen molar-refractivity contribution in [3.63, 3.8) is 0 Å². The van der Waals surface area contributed by atoms with E-state index in [4.69, 9.17) is 4.74 Å². The topological polar surface area (TPSA) is 67.6 Å². The lowest BCUT2D eigenvalue weighted by Gasteiger charge is -2.25. The first-order valence-corrected chi connectivity index (χ1v) is 9.60. The van der Waals surface area contributed by atoms with Gasteiger partial charge in [0.1, 0.15) is 0 Å². The average Bonchev–Trinajstić information content (AvgIpc) is 3.38. The summed E-state index contributed by atoms with van der Waals surface area (Å²) in [6.07, 6.45) is 4.26. The van der Waals surface area contributed by atoms with Gasteiger partial charge in [-0.2, -0.15) is 5.10 Å². The molecule has 27 heavy (non-hydrogen) atoms. The first-order chi connectivity index (χ1) is 13.1. The first kappa shape index (κ1) is 18.0. The molecule has 1 atom stereocenters. The smallest absolute Gasteiger partial charge is 0.193 e. The highest BCUT2D eigenvalue weighted by molar-refractivity contribution is 5.80. The van der Waals surface area contributed by atoms with Crippen LogP contribution >= 0.6 is 0 Å². The zero-order valence-corrected chi connectivity index (χ0v) is 16.4. The fourth-order valence-corrected chi connectivity index (χ4v) is 4.11. The van der Waals surface area contributed by atoms with Crippen LogP contribution in [0.1, 0.15) is 29.8 Å². The molecule has 7 heteroatoms. The highest BCUT2D eigenvalue weighted by atomic mass is 16.5. The van der Waals surface area contributed by atoms with Crippen LogP contribution in [0, 0.1) is 19.3 Å². The number of pyridine rings is 1. The third-order valence-corrected chi connectivity index (χ3v) is 5.62. The van der Waals surface area contributed by atoms with Crippen LogP contribution in [0.3, 0.4) is 0 Å². The molecule has 0 aromatic carbocycles. The monoisotopic (exact) mass is 368 g/mol. The minimum absolute atomic E-state index is 0.334. The minimum atomic E-state index is 0.334. The van der Waals surface area contributed by atoms with Crippen LogP contribution in [0.25, 0.3) is 5.82 Å². The first-order valence-electron chi connectivity index (χ1n) is 9.60. The normalized spacial score (nSPS) is 22.8. The predicted octanol–water partition coefficient (Wildman–Crippen LogP) is 2.07. The fourth-order valence-electron chi connectivity index (χ4n) is 4.11. The maximum atomic E-state index is 5.63. The number of nitrogens with zero attached hydrogens (tertiary/aromatic N) is 5. The van der Waals surface area contributed by atoms with Crippen molar-refractivity contribution in [1.82, 2.24) is 25.0 Å². The Bertz CT molecular complexity index is 819. The predicted molar refractivity (Wildman–Crippen MR) is 105 cm³/mol. The molecule has 144 valence electrons. The van der Waals surface area contributed by atoms with Crippen molar-refractivity contribution < 1.29 is 4.74 Å². The molecule has 0 radical (unpaired) electrons. The van der Waals surface area contributed by atoms with Crippen molar-refractivity contribution in [3.05, 3.63) is 41.3 Å². The van der Waals surface area contributed by atoms with Gasteiger partial charge in [-0.1, -0.05) is 6.07 Å². The van der Waals surface area contributed by atoms with Crippen LogP contribution < -0.4 is 5.32 Å². The van der Waals surface area contributed by atoms with Crippen LogP contribution in [0.4, 0.5) is 0 Å². The third-order valence-electron chi connectivity index (χ3n) is 5.62. The van der Waals surface area contributed by atoms with E-state index < -0.39 is 0 Å². The van der Waals surface area contributed by atoms with Crippen LogP contribution in [0.15, 0.2) is 29.4 Å². The molecule has 2 aliphatic rings. The van der Waals surface area contributed by atoms with E-state index in [1.807, 2.05) is 37.8 Å². The van der Waals surface area contributed by atoms with Crippen molar-refractivity contribution in [1.29, 1.82) is 0 Å². The van der Waals surface area contributed by atoms with E-state index in [0.717, 1.165) is 61.5 Å². The lowest BCUT2D eigenvalue weighted by Crippen LogP contribution is -2.41. The maximum Gasteiger partial charge on any atom is 0.193 e. The summed E-state index contributed by atoms with van der Waals surface area (Å²) in [5, 5.41) is 7.97. The Labute approximate surface area is 160 Å². The van der Waals surface area contributed by atoms with E-state index >= 15 is 0 Å². The molecule has 1 spiro atoms. The van der Waals surface area contributed by atoms with Gasteiger partial charge in [0.05, 0.1) is 12.3 Å². The van der Waals surface area contributed by atoms with Crippen LogP contribution in [-0.2, 0) is 11.3 Å². The minimum Gasteiger partial charge on any atom is -0.381 e. The summed E-state index contributed by atoms with van der Waals surface area (Å²) >= 11 is 0. The van der Waals surface area contributed by atoms with Gasteiger partial charge in [0.15, 0.2) is 11.8 Å². The van der Waals surface area contributed by atoms with Gasteiger partial charge in [0.25, 0.3) is 0 Å². The zero-order valence-electron chi connectivity index (χ0n) is 16.4. The lowest BCUT2D eigenvalue weighted by atomic mass is 9.87. The van der Waals surface area contributed by atoms with Gasteiger partial charge in [-0.15, -0.1) is 0 Å². The highest BCUT2D eigenvalue weighted by Crippen LogP contribution is 2.38. The Morgan fingerprint density at radius 1 is 1.33 bits per heavy atom. The van der Waals surface area contributed by atoms with Gasteiger partial charge in [-0.05, 0) is 44.4 Å². The molecule has 2 aromatic heterocycles. The van der Waals surface area contributed by atoms with Crippen molar-refractivity contribution in [2.45, 2.75) is 33.2 Å². The summed E-state index contributed by atoms with van der Waals surface area (Å²) in [6, 6.07) is 6.16. The largest absolute Gasteiger partial charge is 0.381 e. The number of aryl methyl sites for hydroxylation is 2. The second-order valence-corrected chi connectivity index (χ2v) is 7.74. The molecule has 2 saturated heterocycles. The number of likely N-dealkylation sites (tertiary alicyclic amines) is 1. The van der Waals surface area contributed by atoms with Gasteiger partial charge in [-0.3, -0.25) is 4.99 Å². The van der Waals surface area contributed by atoms with Crippen molar-refractivity contribution in [2.24, 2.45) is 10.4 Å². The Morgan fingerprint density at radius 3 is 2.85 bits per heavy atom. The van der Waals surface area contributed by atoms with E-state index in [9.17, 15) is 0 Å². The summed E-state index contributed by atoms with van der Waals surface area (Å²) < 4.78 is 7.50. The number of rotatable bonds is 3. The van der Waals surface area contributed by atoms with Crippen molar-refractivity contribution in [2.75, 3.05) is 33.4 Å². The van der Waals surface area contributed by atoms with Gasteiger partial charge < -0.3 is 15.0 Å². The summed E-state index contributed by atoms with van der Waals surface area (Å²) in [5.74, 6) is 1.80. The molecule has 4 rings (SSSR count). The Kier molecular flexibility index (Phi) is 4.86. The number of nitrogens with one attached hydrogen (secondary N) is 1. The number of aliphatic imine (C=N–C) groups is 1.